The number of benzene rings is 1. The number of aromatic nitrogens is 2. The lowest BCUT2D eigenvalue weighted by molar-refractivity contribution is 0.905. The Morgan fingerprint density at radius 3 is 2.70 bits per heavy atom. The van der Waals surface area contributed by atoms with Crippen LogP contribution in [-0.4, -0.2) is 17.0 Å². The molecule has 0 spiro atoms. The summed E-state index contributed by atoms with van der Waals surface area (Å²) in [5, 5.41) is 7.08. The Morgan fingerprint density at radius 2 is 2.00 bits per heavy atom. The van der Waals surface area contributed by atoms with E-state index in [9.17, 15) is 0 Å². The van der Waals surface area contributed by atoms with Crippen molar-refractivity contribution in [3.8, 4) is 0 Å². The summed E-state index contributed by atoms with van der Waals surface area (Å²) in [7, 11) is 1.86. The highest BCUT2D eigenvalue weighted by molar-refractivity contribution is 9.10. The van der Waals surface area contributed by atoms with Gasteiger partial charge in [-0.05, 0) is 34.5 Å². The fourth-order valence-electron chi connectivity index (χ4n) is 1.95. The van der Waals surface area contributed by atoms with Gasteiger partial charge in [-0.15, -0.1) is 0 Å². The maximum Gasteiger partial charge on any atom is 0.139 e. The highest BCUT2D eigenvalue weighted by atomic mass is 79.9. The summed E-state index contributed by atoms with van der Waals surface area (Å²) >= 11 is 9.59. The van der Waals surface area contributed by atoms with Crippen LogP contribution in [0.3, 0.4) is 0 Å². The van der Waals surface area contributed by atoms with E-state index in [4.69, 9.17) is 11.6 Å². The average molecular weight is 356 g/mol. The van der Waals surface area contributed by atoms with Gasteiger partial charge in [0.25, 0.3) is 0 Å². The molecule has 0 fully saturated rings. The van der Waals surface area contributed by atoms with Crippen LogP contribution in [0.1, 0.15) is 18.9 Å². The van der Waals surface area contributed by atoms with Crippen molar-refractivity contribution in [2.45, 2.75) is 19.8 Å². The lowest BCUT2D eigenvalue weighted by Crippen LogP contribution is -2.05. The molecule has 0 saturated carbocycles. The van der Waals surface area contributed by atoms with Crippen LogP contribution in [-0.2, 0) is 6.42 Å². The Morgan fingerprint density at radius 1 is 1.25 bits per heavy atom. The summed E-state index contributed by atoms with van der Waals surface area (Å²) in [6.45, 7) is 2.13. The fraction of sp³-hybridized carbons (Fsp3) is 0.286. The van der Waals surface area contributed by atoms with E-state index in [0.717, 1.165) is 40.2 Å². The Labute approximate surface area is 132 Å². The number of nitrogens with one attached hydrogen (secondary N) is 2. The first kappa shape index (κ1) is 15.1. The first-order chi connectivity index (χ1) is 9.67. The van der Waals surface area contributed by atoms with E-state index >= 15 is 0 Å². The molecule has 106 valence electrons. The molecule has 0 saturated heterocycles. The van der Waals surface area contributed by atoms with Gasteiger partial charge in [-0.3, -0.25) is 0 Å². The van der Waals surface area contributed by atoms with E-state index in [1.54, 1.807) is 6.33 Å². The van der Waals surface area contributed by atoms with E-state index in [1.807, 2.05) is 25.2 Å². The van der Waals surface area contributed by atoms with Gasteiger partial charge in [0.1, 0.15) is 18.0 Å². The van der Waals surface area contributed by atoms with Crippen molar-refractivity contribution in [2.24, 2.45) is 0 Å². The second kappa shape index (κ2) is 6.90. The summed E-state index contributed by atoms with van der Waals surface area (Å²) in [5.74, 6) is 1.65. The van der Waals surface area contributed by atoms with E-state index in [1.165, 1.54) is 0 Å². The zero-order chi connectivity index (χ0) is 14.5. The molecular formula is C14H16BrClN4. The number of hydrogen-bond acceptors (Lipinski definition) is 4. The fourth-order valence-corrected chi connectivity index (χ4v) is 2.49. The van der Waals surface area contributed by atoms with Crippen molar-refractivity contribution in [2.75, 3.05) is 17.7 Å². The molecule has 6 heteroatoms. The summed E-state index contributed by atoms with van der Waals surface area (Å²) in [6.07, 6.45) is 3.47. The van der Waals surface area contributed by atoms with Gasteiger partial charge in [0.15, 0.2) is 0 Å². The number of anilines is 3. The Hall–Kier alpha value is -1.33. The molecule has 1 aromatic carbocycles. The summed E-state index contributed by atoms with van der Waals surface area (Å²) in [4.78, 5) is 8.60. The van der Waals surface area contributed by atoms with Crippen LogP contribution in [0.15, 0.2) is 29.0 Å². The van der Waals surface area contributed by atoms with Gasteiger partial charge in [-0.25, -0.2) is 9.97 Å². The first-order valence-electron chi connectivity index (χ1n) is 6.40. The molecule has 2 N–H and O–H groups in total. The van der Waals surface area contributed by atoms with Gasteiger partial charge < -0.3 is 10.6 Å². The summed E-state index contributed by atoms with van der Waals surface area (Å²) in [6, 6.07) is 5.69. The van der Waals surface area contributed by atoms with Gasteiger partial charge in [0.2, 0.25) is 0 Å². The van der Waals surface area contributed by atoms with Crippen molar-refractivity contribution in [1.29, 1.82) is 0 Å². The van der Waals surface area contributed by atoms with Gasteiger partial charge in [0, 0.05) is 12.6 Å². The van der Waals surface area contributed by atoms with E-state index in [2.05, 4.69) is 43.5 Å². The normalized spacial score (nSPS) is 10.4. The smallest absolute Gasteiger partial charge is 0.139 e. The van der Waals surface area contributed by atoms with Crippen LogP contribution in [0.25, 0.3) is 0 Å². The highest BCUT2D eigenvalue weighted by Crippen LogP contribution is 2.33. The lowest BCUT2D eigenvalue weighted by Gasteiger charge is -2.14. The quantitative estimate of drug-likeness (QED) is 0.821. The third-order valence-corrected chi connectivity index (χ3v) is 4.28. The van der Waals surface area contributed by atoms with Gasteiger partial charge >= 0.3 is 0 Å². The molecule has 20 heavy (non-hydrogen) atoms. The Kier molecular flexibility index (Phi) is 5.20. The Bertz CT molecular complexity index is 604. The third kappa shape index (κ3) is 3.22. The van der Waals surface area contributed by atoms with Crippen LogP contribution in [0, 0.1) is 0 Å². The van der Waals surface area contributed by atoms with Crippen LogP contribution in [0.2, 0.25) is 5.02 Å². The molecule has 0 atom stereocenters. The molecule has 0 radical (unpaired) electrons. The van der Waals surface area contributed by atoms with Crippen LogP contribution in [0.4, 0.5) is 17.3 Å². The van der Waals surface area contributed by atoms with E-state index in [-0.39, 0.29) is 0 Å². The minimum atomic E-state index is 0.662. The van der Waals surface area contributed by atoms with Crippen molar-refractivity contribution in [1.82, 2.24) is 9.97 Å². The first-order valence-corrected chi connectivity index (χ1v) is 7.57. The van der Waals surface area contributed by atoms with Gasteiger partial charge in [-0.2, -0.15) is 0 Å². The molecule has 1 aromatic heterocycles. The van der Waals surface area contributed by atoms with Gasteiger partial charge in [0.05, 0.1) is 15.2 Å². The second-order valence-electron chi connectivity index (χ2n) is 4.28. The molecule has 2 aromatic rings. The molecular weight excluding hydrogens is 340 g/mol. The predicted molar refractivity (Wildman–Crippen MR) is 88.0 cm³/mol. The van der Waals surface area contributed by atoms with Crippen LogP contribution in [0.5, 0.6) is 0 Å². The molecule has 0 bridgehead atoms. The topological polar surface area (TPSA) is 49.8 Å². The van der Waals surface area contributed by atoms with Gasteiger partial charge in [-0.1, -0.05) is 31.0 Å². The van der Waals surface area contributed by atoms with E-state index in [0.29, 0.717) is 5.02 Å². The number of nitrogens with zero attached hydrogens (tertiary/aromatic N) is 2. The molecule has 0 aliphatic carbocycles. The summed E-state index contributed by atoms with van der Waals surface area (Å²) in [5.41, 5.74) is 1.96. The standard InChI is InChI=1S/C14H16BrClN4/c1-3-5-9-13(17-2)18-8-19-14(9)20-11-7-4-6-10(16)12(11)15/h4,6-8H,3,5H2,1-2H3,(H2,17,18,19,20). The number of rotatable bonds is 5. The van der Waals surface area contributed by atoms with Crippen molar-refractivity contribution in [3.05, 3.63) is 39.6 Å². The zero-order valence-electron chi connectivity index (χ0n) is 11.4. The highest BCUT2D eigenvalue weighted by Gasteiger charge is 2.12. The number of hydrogen-bond donors (Lipinski definition) is 2. The van der Waals surface area contributed by atoms with E-state index < -0.39 is 0 Å². The largest absolute Gasteiger partial charge is 0.373 e. The predicted octanol–water partition coefficient (Wildman–Crippen LogP) is 4.63. The maximum atomic E-state index is 6.11. The van der Waals surface area contributed by atoms with Crippen molar-refractivity contribution in [3.63, 3.8) is 0 Å². The minimum Gasteiger partial charge on any atom is -0.373 e. The molecule has 0 amide bonds. The molecule has 0 aliphatic rings. The molecule has 0 unspecified atom stereocenters. The molecule has 0 aliphatic heterocycles. The van der Waals surface area contributed by atoms with Crippen molar-refractivity contribution >= 4 is 44.9 Å². The number of halogens is 2. The molecule has 1 heterocycles. The summed E-state index contributed by atoms with van der Waals surface area (Å²) < 4.78 is 0.828. The zero-order valence-corrected chi connectivity index (χ0v) is 13.7. The second-order valence-corrected chi connectivity index (χ2v) is 5.48. The molecule has 2 rings (SSSR count). The maximum absolute atomic E-state index is 6.11. The average Bonchev–Trinajstić information content (AvgIpc) is 2.46. The molecule has 4 nitrogen and oxygen atoms in total. The van der Waals surface area contributed by atoms with Crippen molar-refractivity contribution < 1.29 is 0 Å². The third-order valence-electron chi connectivity index (χ3n) is 2.89. The van der Waals surface area contributed by atoms with Crippen LogP contribution < -0.4 is 10.6 Å². The monoisotopic (exact) mass is 354 g/mol. The van der Waals surface area contributed by atoms with Crippen LogP contribution >= 0.6 is 27.5 Å². The SMILES string of the molecule is CCCc1c(NC)ncnc1Nc1cccc(Cl)c1Br. The lowest BCUT2D eigenvalue weighted by atomic mass is 10.1. The minimum absolute atomic E-state index is 0.662. The Balaban J connectivity index is 2.40.